The quantitative estimate of drug-likeness (QED) is 0.0712. The van der Waals surface area contributed by atoms with Gasteiger partial charge in [0.2, 0.25) is 59.1 Å². The second-order valence-corrected chi connectivity index (χ2v) is 17.4. The molecule has 24 nitrogen and oxygen atoms in total. The number of nitrogens with two attached hydrogens (primary N) is 1. The molecule has 1 aliphatic rings. The van der Waals surface area contributed by atoms with Gasteiger partial charge in [-0.1, -0.05) is 60.7 Å². The van der Waals surface area contributed by atoms with Gasteiger partial charge in [0, 0.05) is 49.2 Å². The number of aromatic hydroxyl groups is 1. The minimum atomic E-state index is -1.65. The number of aromatic amines is 1. The highest BCUT2D eigenvalue weighted by Gasteiger charge is 2.33. The lowest BCUT2D eigenvalue weighted by Gasteiger charge is -2.25. The van der Waals surface area contributed by atoms with E-state index in [0.717, 1.165) is 10.9 Å². The van der Waals surface area contributed by atoms with E-state index in [9.17, 15) is 63.0 Å². The van der Waals surface area contributed by atoms with Crippen LogP contribution in [0, 0.1) is 0 Å². The van der Waals surface area contributed by atoms with Gasteiger partial charge in [-0.3, -0.25) is 52.7 Å². The Bertz CT molecular complexity index is 2680. The number of aromatic nitrogens is 1. The van der Waals surface area contributed by atoms with E-state index in [1.165, 1.54) is 38.1 Å². The number of rotatable bonds is 12. The van der Waals surface area contributed by atoms with Gasteiger partial charge in [-0.2, -0.15) is 0 Å². The molecule has 0 bridgehead atoms. The minimum Gasteiger partial charge on any atom is -0.508 e. The highest BCUT2D eigenvalue weighted by atomic mass is 16.4. The van der Waals surface area contributed by atoms with Crippen LogP contribution in [0.4, 0.5) is 0 Å². The van der Waals surface area contributed by atoms with Crippen LogP contribution in [0.2, 0.25) is 0 Å². The zero-order valence-corrected chi connectivity index (χ0v) is 40.0. The fourth-order valence-corrected chi connectivity index (χ4v) is 7.65. The molecule has 0 saturated carbocycles. The van der Waals surface area contributed by atoms with Crippen molar-refractivity contribution in [2.75, 3.05) is 13.1 Å². The SMILES string of the molecule is C[C@@H]1NC(=O)[C@H](Cc2ccccc2)NC(=O)CNC(=O)[C@H](Cc2ccc(O)cc2)NC(=O)[C@@H](C)NC(=O)[C@H](CCC(=O)O)NC(=O)[C@H](CCC(N)=O)NC(=O)CNC(=O)[C@H](Cc2c[nH]c3ccccc23)NC1=O. The number of amides is 10. The average molecular weight is 1010 g/mol. The molecule has 7 atom stereocenters. The van der Waals surface area contributed by atoms with Crippen molar-refractivity contribution in [2.24, 2.45) is 5.73 Å². The molecule has 0 spiro atoms. The van der Waals surface area contributed by atoms with Crippen LogP contribution < -0.4 is 53.6 Å². The summed E-state index contributed by atoms with van der Waals surface area (Å²) in [6.45, 7) is 1.08. The van der Waals surface area contributed by atoms with E-state index in [0.29, 0.717) is 16.7 Å². The number of carbonyl (C=O) groups excluding carboxylic acids is 10. The van der Waals surface area contributed by atoms with Crippen molar-refractivity contribution in [1.29, 1.82) is 0 Å². The number of carboxylic acids is 1. The molecule has 3 aromatic carbocycles. The van der Waals surface area contributed by atoms with E-state index in [-0.39, 0.29) is 25.0 Å². The van der Waals surface area contributed by atoms with Gasteiger partial charge >= 0.3 is 5.97 Å². The summed E-state index contributed by atoms with van der Waals surface area (Å²) in [5.74, 6) is -10.6. The molecule has 1 aromatic heterocycles. The third kappa shape index (κ3) is 17.2. The maximum atomic E-state index is 13.9. The maximum absolute atomic E-state index is 13.9. The Morgan fingerprint density at radius 3 is 1.55 bits per heavy atom. The summed E-state index contributed by atoms with van der Waals surface area (Å²) in [5.41, 5.74) is 7.73. The van der Waals surface area contributed by atoms with Crippen LogP contribution in [0.15, 0.2) is 85.1 Å². The standard InChI is InChI=1S/C49H59N11O13/c1-26-43(67)59-36(21-29-12-14-31(61)15-13-29)45(69)52-25-41(64)57-37(20-28-8-4-3-5-9-28)49(73)55-27(2)44(68)60-38(22-30-23-51-33-11-7-6-10-32(30)33)46(70)53-24-40(63)56-34(16-18-39(50)62)48(72)58-35(47(71)54-26)17-19-42(65)66/h3-15,23,26-27,34-38,51,61H,16-22,24-25H2,1-2H3,(H2,50,62)(H,52,69)(H,53,70)(H,54,71)(H,55,73)(H,56,63)(H,57,64)(H,58,72)(H,59,67)(H,60,68)(H,65,66)/t26-,27+,34+,35+,36+,37+,38+/m1/s1. The number of phenols is 1. The molecule has 10 amide bonds. The van der Waals surface area contributed by atoms with Crippen molar-refractivity contribution in [3.8, 4) is 5.75 Å². The van der Waals surface area contributed by atoms with Gasteiger partial charge < -0.3 is 68.8 Å². The maximum Gasteiger partial charge on any atom is 0.303 e. The molecule has 5 rings (SSSR count). The number of aliphatic carboxylic acids is 1. The number of para-hydroxylation sites is 1. The molecule has 4 aromatic rings. The van der Waals surface area contributed by atoms with E-state index >= 15 is 0 Å². The van der Waals surface area contributed by atoms with Crippen molar-refractivity contribution in [2.45, 2.75) is 101 Å². The predicted molar refractivity (Wildman–Crippen MR) is 260 cm³/mol. The fraction of sp³-hybridized carbons (Fsp3) is 0.367. The van der Waals surface area contributed by atoms with Gasteiger partial charge in [0.05, 0.1) is 13.1 Å². The predicted octanol–water partition coefficient (Wildman–Crippen LogP) is -2.29. The number of primary amides is 1. The van der Waals surface area contributed by atoms with Crippen molar-refractivity contribution in [1.82, 2.24) is 52.8 Å². The molecular formula is C49H59N11O13. The number of hydrogen-bond donors (Lipinski definition) is 13. The number of fused-ring (bicyclic) bond motifs is 1. The molecule has 2 heterocycles. The summed E-state index contributed by atoms with van der Waals surface area (Å²) in [6.07, 6.45) is -0.783. The Balaban J connectivity index is 1.48. The van der Waals surface area contributed by atoms with Gasteiger partial charge in [-0.15, -0.1) is 0 Å². The fourth-order valence-electron chi connectivity index (χ4n) is 7.65. The number of carbonyl (C=O) groups is 11. The highest BCUT2D eigenvalue weighted by Crippen LogP contribution is 2.20. The Morgan fingerprint density at radius 1 is 0.521 bits per heavy atom. The average Bonchev–Trinajstić information content (AvgIpc) is 3.76. The van der Waals surface area contributed by atoms with E-state index in [4.69, 9.17) is 5.73 Å². The van der Waals surface area contributed by atoms with Gasteiger partial charge in [0.1, 0.15) is 48.0 Å². The summed E-state index contributed by atoms with van der Waals surface area (Å²) in [6, 6.07) is 11.2. The van der Waals surface area contributed by atoms with Crippen LogP contribution in [0.3, 0.4) is 0 Å². The molecule has 1 aliphatic heterocycles. The van der Waals surface area contributed by atoms with Crippen LogP contribution in [-0.2, 0) is 72.0 Å². The topological polar surface area (TPSA) is 378 Å². The first-order valence-corrected chi connectivity index (χ1v) is 23.3. The largest absolute Gasteiger partial charge is 0.508 e. The second kappa shape index (κ2) is 26.4. The zero-order valence-electron chi connectivity index (χ0n) is 40.0. The van der Waals surface area contributed by atoms with Crippen molar-refractivity contribution in [3.63, 3.8) is 0 Å². The summed E-state index contributed by atoms with van der Waals surface area (Å²) < 4.78 is 0. The molecule has 73 heavy (non-hydrogen) atoms. The van der Waals surface area contributed by atoms with Crippen molar-refractivity contribution < 1.29 is 63.0 Å². The molecular weight excluding hydrogens is 951 g/mol. The third-order valence-electron chi connectivity index (χ3n) is 11.6. The van der Waals surface area contributed by atoms with E-state index < -0.39 is 146 Å². The number of hydrogen-bond acceptors (Lipinski definition) is 12. The molecule has 1 fully saturated rings. The Morgan fingerprint density at radius 2 is 0.973 bits per heavy atom. The Hall–Kier alpha value is -8.83. The molecule has 0 aliphatic carbocycles. The van der Waals surface area contributed by atoms with Crippen LogP contribution in [0.25, 0.3) is 10.9 Å². The van der Waals surface area contributed by atoms with Crippen LogP contribution in [0.5, 0.6) is 5.75 Å². The molecule has 0 radical (unpaired) electrons. The summed E-state index contributed by atoms with van der Waals surface area (Å²) in [5, 5.41) is 42.3. The number of nitrogens with one attached hydrogen (secondary N) is 10. The van der Waals surface area contributed by atoms with Gasteiger partial charge in [-0.25, -0.2) is 0 Å². The highest BCUT2D eigenvalue weighted by molar-refractivity contribution is 5.99. The molecule has 1 saturated heterocycles. The molecule has 24 heteroatoms. The molecule has 0 unspecified atom stereocenters. The van der Waals surface area contributed by atoms with Gasteiger partial charge in [0.25, 0.3) is 0 Å². The molecule has 388 valence electrons. The van der Waals surface area contributed by atoms with Crippen molar-refractivity contribution in [3.05, 3.63) is 102 Å². The number of carboxylic acid groups (broad SMARTS) is 1. The van der Waals surface area contributed by atoms with Crippen molar-refractivity contribution >= 4 is 75.9 Å². The normalized spacial score (nSPS) is 22.7. The van der Waals surface area contributed by atoms with Gasteiger partial charge in [0.15, 0.2) is 0 Å². The first-order valence-electron chi connectivity index (χ1n) is 23.3. The first-order chi connectivity index (χ1) is 34.8. The monoisotopic (exact) mass is 1010 g/mol. The summed E-state index contributed by atoms with van der Waals surface area (Å²) >= 11 is 0. The lowest BCUT2D eigenvalue weighted by molar-refractivity contribution is -0.138. The third-order valence-corrected chi connectivity index (χ3v) is 11.6. The van der Waals surface area contributed by atoms with E-state index in [1.807, 2.05) is 0 Å². The second-order valence-electron chi connectivity index (χ2n) is 17.4. The lowest BCUT2D eigenvalue weighted by atomic mass is 10.0. The minimum absolute atomic E-state index is 0.0703. The molecule has 14 N–H and O–H groups in total. The van der Waals surface area contributed by atoms with Crippen LogP contribution >= 0.6 is 0 Å². The summed E-state index contributed by atoms with van der Waals surface area (Å²) in [7, 11) is 0. The number of benzene rings is 3. The number of phenolic OH excluding ortho intramolecular Hbond substituents is 1. The zero-order chi connectivity index (χ0) is 53.2. The Kier molecular flexibility index (Phi) is 19.9. The smallest absolute Gasteiger partial charge is 0.303 e. The van der Waals surface area contributed by atoms with Crippen LogP contribution in [0.1, 0.15) is 56.2 Å². The lowest BCUT2D eigenvalue weighted by Crippen LogP contribution is -2.58. The van der Waals surface area contributed by atoms with Gasteiger partial charge in [-0.05, 0) is 61.6 Å². The first kappa shape index (κ1) is 55.1. The Labute approximate surface area is 418 Å². The summed E-state index contributed by atoms with van der Waals surface area (Å²) in [4.78, 5) is 150. The van der Waals surface area contributed by atoms with E-state index in [2.05, 4.69) is 52.8 Å². The van der Waals surface area contributed by atoms with E-state index in [1.54, 1.807) is 60.8 Å². The van der Waals surface area contributed by atoms with Crippen LogP contribution in [-0.4, -0.2) is 136 Å². The number of H-pyrrole nitrogens is 1.